The Morgan fingerprint density at radius 2 is 1.61 bits per heavy atom. The molecule has 2 aromatic rings. The molecule has 2 rings (SSSR count). The van der Waals surface area contributed by atoms with E-state index >= 15 is 0 Å². The summed E-state index contributed by atoms with van der Waals surface area (Å²) in [5, 5.41) is 16.6. The van der Waals surface area contributed by atoms with E-state index < -0.39 is 35.6 Å². The summed E-state index contributed by atoms with van der Waals surface area (Å²) in [5.74, 6) is -0.339. The second-order valence-corrected chi connectivity index (χ2v) is 11.3. The van der Waals surface area contributed by atoms with Gasteiger partial charge in [-0.15, -0.1) is 0 Å². The van der Waals surface area contributed by atoms with Gasteiger partial charge < -0.3 is 25.4 Å². The molecular formula is C29H41N3O5S. The number of nitrogens with zero attached hydrogens (tertiary/aromatic N) is 1. The zero-order chi connectivity index (χ0) is 28.6. The van der Waals surface area contributed by atoms with E-state index in [0.29, 0.717) is 29.0 Å². The average Bonchev–Trinajstić information content (AvgIpc) is 2.83. The Labute approximate surface area is 230 Å². The molecule has 9 heteroatoms. The third-order valence-electron chi connectivity index (χ3n) is 6.08. The van der Waals surface area contributed by atoms with Gasteiger partial charge >= 0.3 is 6.09 Å². The molecule has 0 spiro atoms. The van der Waals surface area contributed by atoms with Crippen molar-refractivity contribution in [3.63, 3.8) is 0 Å². The van der Waals surface area contributed by atoms with Crippen LogP contribution in [0.25, 0.3) is 0 Å². The van der Waals surface area contributed by atoms with Crippen LogP contribution in [0.5, 0.6) is 5.75 Å². The Morgan fingerprint density at radius 3 is 2.16 bits per heavy atom. The topological polar surface area (TPSA) is 108 Å². The van der Waals surface area contributed by atoms with Gasteiger partial charge in [0.1, 0.15) is 23.4 Å². The van der Waals surface area contributed by atoms with Crippen molar-refractivity contribution in [1.82, 2.24) is 10.2 Å². The van der Waals surface area contributed by atoms with Crippen LogP contribution in [0.4, 0.5) is 10.5 Å². The molecule has 0 saturated heterocycles. The summed E-state index contributed by atoms with van der Waals surface area (Å²) in [6, 6.07) is 8.77. The number of nitrogens with one attached hydrogen (secondary N) is 2. The Hall–Kier alpha value is -3.20. The molecule has 2 aromatic carbocycles. The number of para-hydroxylation sites is 2. The van der Waals surface area contributed by atoms with Crippen LogP contribution in [-0.2, 0) is 14.3 Å². The molecule has 3 amide bonds. The summed E-state index contributed by atoms with van der Waals surface area (Å²) in [7, 11) is 0. The molecule has 0 fully saturated rings. The number of ether oxygens (including phenoxy) is 1. The van der Waals surface area contributed by atoms with Gasteiger partial charge in [0.15, 0.2) is 0 Å². The number of thioether (sulfide) groups is 1. The number of aromatic hydroxyl groups is 1. The summed E-state index contributed by atoms with van der Waals surface area (Å²) >= 11 is 1.55. The third kappa shape index (κ3) is 8.15. The van der Waals surface area contributed by atoms with Gasteiger partial charge in [-0.25, -0.2) is 4.79 Å². The van der Waals surface area contributed by atoms with E-state index in [1.807, 2.05) is 38.3 Å². The van der Waals surface area contributed by atoms with Crippen molar-refractivity contribution in [3.8, 4) is 5.75 Å². The van der Waals surface area contributed by atoms with Crippen molar-refractivity contribution in [2.75, 3.05) is 23.9 Å². The number of phenols is 1. The molecule has 2 atom stereocenters. The van der Waals surface area contributed by atoms with Crippen LogP contribution in [-0.4, -0.2) is 58.1 Å². The lowest BCUT2D eigenvalue weighted by molar-refractivity contribution is -0.140. The second-order valence-electron chi connectivity index (χ2n) is 10.3. The Bertz CT molecular complexity index is 1130. The molecule has 0 radical (unpaired) electrons. The highest BCUT2D eigenvalue weighted by molar-refractivity contribution is 7.98. The molecule has 0 bridgehead atoms. The highest BCUT2D eigenvalue weighted by Gasteiger charge is 2.37. The van der Waals surface area contributed by atoms with Gasteiger partial charge in [-0.3, -0.25) is 9.59 Å². The summed E-state index contributed by atoms with van der Waals surface area (Å²) in [4.78, 5) is 41.9. The quantitative estimate of drug-likeness (QED) is 0.366. The number of amides is 3. The van der Waals surface area contributed by atoms with Crippen LogP contribution in [0.2, 0.25) is 0 Å². The van der Waals surface area contributed by atoms with E-state index in [1.54, 1.807) is 64.6 Å². The van der Waals surface area contributed by atoms with E-state index in [0.717, 1.165) is 11.1 Å². The number of likely N-dealkylation sites (N-methyl/N-ethyl adjacent to an activating group) is 1. The largest absolute Gasteiger partial charge is 0.507 e. The lowest BCUT2D eigenvalue weighted by Gasteiger charge is -2.34. The van der Waals surface area contributed by atoms with Crippen LogP contribution < -0.4 is 10.6 Å². The maximum atomic E-state index is 14.0. The first-order valence-electron chi connectivity index (χ1n) is 12.7. The number of carbonyl (C=O) groups excluding carboxylic acids is 3. The first-order valence-corrected chi connectivity index (χ1v) is 14.1. The zero-order valence-electron chi connectivity index (χ0n) is 23.7. The van der Waals surface area contributed by atoms with Crippen LogP contribution in [0.3, 0.4) is 0 Å². The monoisotopic (exact) mass is 543 g/mol. The summed E-state index contributed by atoms with van der Waals surface area (Å²) in [5.41, 5.74) is 2.58. The molecule has 0 heterocycles. The van der Waals surface area contributed by atoms with Gasteiger partial charge in [0, 0.05) is 17.8 Å². The van der Waals surface area contributed by atoms with Gasteiger partial charge in [-0.05, 0) is 83.6 Å². The Kier molecular flexibility index (Phi) is 11.1. The fourth-order valence-corrected chi connectivity index (χ4v) is 4.64. The summed E-state index contributed by atoms with van der Waals surface area (Å²) in [6.07, 6.45) is 1.56. The number of hydrogen-bond donors (Lipinski definition) is 3. The number of hydrogen-bond acceptors (Lipinski definition) is 6. The Morgan fingerprint density at radius 1 is 1.03 bits per heavy atom. The van der Waals surface area contributed by atoms with Gasteiger partial charge in [-0.2, -0.15) is 11.8 Å². The maximum Gasteiger partial charge on any atom is 0.408 e. The minimum Gasteiger partial charge on any atom is -0.507 e. The van der Waals surface area contributed by atoms with E-state index in [1.165, 1.54) is 4.90 Å². The minimum absolute atomic E-state index is 0.0545. The minimum atomic E-state index is -1.14. The SMILES string of the molecule is CCN(C(=O)C(CCSC)NC(=O)OC(C)(C)C)C(C(=O)Nc1c(C)cccc1C)c1cccc(C)c1O. The van der Waals surface area contributed by atoms with Crippen molar-refractivity contribution in [2.45, 2.75) is 72.6 Å². The average molecular weight is 544 g/mol. The lowest BCUT2D eigenvalue weighted by Crippen LogP contribution is -2.52. The number of carbonyl (C=O) groups is 3. The normalized spacial score (nSPS) is 12.8. The maximum absolute atomic E-state index is 14.0. The fraction of sp³-hybridized carbons (Fsp3) is 0.483. The fourth-order valence-electron chi connectivity index (χ4n) is 4.16. The molecular weight excluding hydrogens is 502 g/mol. The molecule has 0 aliphatic heterocycles. The van der Waals surface area contributed by atoms with E-state index in [4.69, 9.17) is 4.74 Å². The molecule has 0 aromatic heterocycles. The molecule has 2 unspecified atom stereocenters. The number of anilines is 1. The molecule has 208 valence electrons. The molecule has 3 N–H and O–H groups in total. The molecule has 38 heavy (non-hydrogen) atoms. The lowest BCUT2D eigenvalue weighted by atomic mass is 9.98. The molecule has 8 nitrogen and oxygen atoms in total. The number of alkyl carbamates (subject to hydrolysis) is 1. The van der Waals surface area contributed by atoms with E-state index in [9.17, 15) is 19.5 Å². The molecule has 0 saturated carbocycles. The number of benzene rings is 2. The first kappa shape index (κ1) is 31.0. The third-order valence-corrected chi connectivity index (χ3v) is 6.72. The van der Waals surface area contributed by atoms with Crippen LogP contribution in [0.1, 0.15) is 62.4 Å². The van der Waals surface area contributed by atoms with Crippen molar-refractivity contribution >= 4 is 35.4 Å². The van der Waals surface area contributed by atoms with Crippen molar-refractivity contribution in [1.29, 1.82) is 0 Å². The van der Waals surface area contributed by atoms with Crippen LogP contribution in [0, 0.1) is 20.8 Å². The number of aryl methyl sites for hydroxylation is 3. The predicted octanol–water partition coefficient (Wildman–Crippen LogP) is 5.49. The van der Waals surface area contributed by atoms with Gasteiger partial charge in [0.25, 0.3) is 5.91 Å². The smallest absolute Gasteiger partial charge is 0.408 e. The van der Waals surface area contributed by atoms with E-state index in [2.05, 4.69) is 10.6 Å². The van der Waals surface area contributed by atoms with Crippen molar-refractivity contribution in [2.24, 2.45) is 0 Å². The summed E-state index contributed by atoms with van der Waals surface area (Å²) in [6.45, 7) is 12.7. The van der Waals surface area contributed by atoms with Crippen molar-refractivity contribution < 1.29 is 24.2 Å². The molecule has 0 aliphatic carbocycles. The van der Waals surface area contributed by atoms with Gasteiger partial charge in [-0.1, -0.05) is 36.4 Å². The van der Waals surface area contributed by atoms with Crippen LogP contribution in [0.15, 0.2) is 36.4 Å². The highest BCUT2D eigenvalue weighted by Crippen LogP contribution is 2.33. The number of phenolic OH excluding ortho intramolecular Hbond substituents is 1. The molecule has 0 aliphatic rings. The first-order chi connectivity index (χ1) is 17.8. The Balaban J connectivity index is 2.54. The predicted molar refractivity (Wildman–Crippen MR) is 154 cm³/mol. The standard InChI is InChI=1S/C29H41N3O5S/c1-9-32(27(35)22(16-17-38-8)30-28(36)37-29(5,6)7)24(21-15-11-14-20(4)25(21)33)26(34)31-23-18(2)12-10-13-19(23)3/h10-15,22,24,33H,9,16-17H2,1-8H3,(H,30,36)(H,31,34). The second kappa shape index (κ2) is 13.6. The van der Waals surface area contributed by atoms with Crippen molar-refractivity contribution in [3.05, 3.63) is 58.7 Å². The number of rotatable bonds is 10. The van der Waals surface area contributed by atoms with Gasteiger partial charge in [0.05, 0.1) is 0 Å². The summed E-state index contributed by atoms with van der Waals surface area (Å²) < 4.78 is 5.40. The van der Waals surface area contributed by atoms with Crippen LogP contribution >= 0.6 is 11.8 Å². The van der Waals surface area contributed by atoms with Gasteiger partial charge in [0.2, 0.25) is 5.91 Å². The highest BCUT2D eigenvalue weighted by atomic mass is 32.2. The van der Waals surface area contributed by atoms with E-state index in [-0.39, 0.29) is 12.3 Å². The zero-order valence-corrected chi connectivity index (χ0v) is 24.5.